The summed E-state index contributed by atoms with van der Waals surface area (Å²) < 4.78 is 2.07. The number of likely N-dealkylation sites (N-methyl/N-ethyl adjacent to an activating group) is 1. The number of thioether (sulfide) groups is 1. The van der Waals surface area contributed by atoms with Crippen LogP contribution in [0.4, 0.5) is 4.79 Å². The number of nitrogens with zero attached hydrogens (tertiary/aromatic N) is 2. The van der Waals surface area contributed by atoms with Crippen molar-refractivity contribution < 1.29 is 9.59 Å². The molecule has 1 fully saturated rings. The Kier molecular flexibility index (Phi) is 3.90. The summed E-state index contributed by atoms with van der Waals surface area (Å²) in [6.45, 7) is 4.22. The number of rotatable bonds is 3. The van der Waals surface area contributed by atoms with Crippen molar-refractivity contribution in [2.75, 3.05) is 6.54 Å². The van der Waals surface area contributed by atoms with Gasteiger partial charge in [-0.1, -0.05) is 18.2 Å². The molecule has 0 aliphatic carbocycles. The van der Waals surface area contributed by atoms with Crippen LogP contribution in [0, 0.1) is 6.92 Å². The monoisotopic (exact) mass is 312 g/mol. The van der Waals surface area contributed by atoms with Crippen LogP contribution in [-0.4, -0.2) is 27.2 Å². The minimum atomic E-state index is -0.212. The Balaban J connectivity index is 2.03. The normalized spacial score (nSPS) is 16.8. The molecular weight excluding hydrogens is 296 g/mol. The average Bonchev–Trinajstić information content (AvgIpc) is 3.01. The Labute approximate surface area is 133 Å². The lowest BCUT2D eigenvalue weighted by Crippen LogP contribution is -2.27. The largest absolute Gasteiger partial charge is 0.314 e. The zero-order valence-corrected chi connectivity index (χ0v) is 13.3. The predicted molar refractivity (Wildman–Crippen MR) is 88.9 cm³/mol. The van der Waals surface area contributed by atoms with Gasteiger partial charge in [0, 0.05) is 23.6 Å². The van der Waals surface area contributed by atoms with E-state index in [0.29, 0.717) is 11.4 Å². The maximum absolute atomic E-state index is 12.2. The molecule has 0 radical (unpaired) electrons. The molecule has 0 N–H and O–H groups in total. The van der Waals surface area contributed by atoms with Crippen LogP contribution in [0.25, 0.3) is 11.8 Å². The van der Waals surface area contributed by atoms with E-state index in [-0.39, 0.29) is 11.1 Å². The summed E-state index contributed by atoms with van der Waals surface area (Å²) in [5.74, 6) is -0.212. The molecule has 3 rings (SSSR count). The Morgan fingerprint density at radius 3 is 2.45 bits per heavy atom. The van der Waals surface area contributed by atoms with E-state index in [1.165, 1.54) is 4.90 Å². The van der Waals surface area contributed by atoms with Crippen molar-refractivity contribution in [3.63, 3.8) is 0 Å². The van der Waals surface area contributed by atoms with E-state index < -0.39 is 0 Å². The second-order valence-electron chi connectivity index (χ2n) is 5.00. The zero-order chi connectivity index (χ0) is 15.7. The Bertz CT molecular complexity index is 762. The summed E-state index contributed by atoms with van der Waals surface area (Å²) in [4.78, 5) is 25.7. The molecule has 112 valence electrons. The first kappa shape index (κ1) is 14.7. The topological polar surface area (TPSA) is 42.3 Å². The number of imide groups is 1. The van der Waals surface area contributed by atoms with Gasteiger partial charge in [0.2, 0.25) is 0 Å². The molecule has 2 amide bonds. The molecule has 0 saturated carbocycles. The number of carbonyl (C=O) groups is 2. The van der Waals surface area contributed by atoms with E-state index in [4.69, 9.17) is 0 Å². The van der Waals surface area contributed by atoms with Crippen LogP contribution >= 0.6 is 11.8 Å². The van der Waals surface area contributed by atoms with E-state index in [2.05, 4.69) is 4.57 Å². The number of aryl methyl sites for hydroxylation is 1. The fourth-order valence-electron chi connectivity index (χ4n) is 2.51. The SMILES string of the molecule is CCN1C(=O)S/C(=C\c2ccc(C)n2-c2ccccc2)C1=O. The van der Waals surface area contributed by atoms with Gasteiger partial charge in [0.15, 0.2) is 0 Å². The van der Waals surface area contributed by atoms with Crippen LogP contribution in [-0.2, 0) is 4.79 Å². The summed E-state index contributed by atoms with van der Waals surface area (Å²) in [5.41, 5.74) is 3.00. The second-order valence-corrected chi connectivity index (χ2v) is 5.99. The average molecular weight is 312 g/mol. The molecule has 1 aliphatic rings. The maximum atomic E-state index is 12.2. The first-order valence-electron chi connectivity index (χ1n) is 7.11. The summed E-state index contributed by atoms with van der Waals surface area (Å²) >= 11 is 1.000. The van der Waals surface area contributed by atoms with Gasteiger partial charge in [0.25, 0.3) is 11.1 Å². The van der Waals surface area contributed by atoms with E-state index in [9.17, 15) is 9.59 Å². The minimum Gasteiger partial charge on any atom is -0.314 e. The van der Waals surface area contributed by atoms with Crippen LogP contribution < -0.4 is 0 Å². The number of hydrogen-bond acceptors (Lipinski definition) is 3. The minimum absolute atomic E-state index is 0.201. The molecule has 0 bridgehead atoms. The molecule has 4 nitrogen and oxygen atoms in total. The van der Waals surface area contributed by atoms with Gasteiger partial charge in [0.1, 0.15) is 0 Å². The standard InChI is InChI=1S/C17H16N2O2S/c1-3-18-16(20)15(22-17(18)21)11-14-10-9-12(2)19(14)13-7-5-4-6-8-13/h4-11H,3H2,1-2H3/b15-11-. The van der Waals surface area contributed by atoms with Gasteiger partial charge in [0.05, 0.1) is 4.91 Å². The van der Waals surface area contributed by atoms with Crippen molar-refractivity contribution in [2.24, 2.45) is 0 Å². The van der Waals surface area contributed by atoms with E-state index in [0.717, 1.165) is 28.8 Å². The quantitative estimate of drug-likeness (QED) is 0.809. The number of benzene rings is 1. The van der Waals surface area contributed by atoms with Crippen molar-refractivity contribution in [1.29, 1.82) is 0 Å². The summed E-state index contributed by atoms with van der Waals surface area (Å²) in [6, 6.07) is 13.9. The molecule has 0 spiro atoms. The van der Waals surface area contributed by atoms with Crippen molar-refractivity contribution >= 4 is 29.0 Å². The first-order valence-corrected chi connectivity index (χ1v) is 7.92. The molecule has 1 aromatic heterocycles. The van der Waals surface area contributed by atoms with Gasteiger partial charge in [-0.25, -0.2) is 0 Å². The summed E-state index contributed by atoms with van der Waals surface area (Å²) in [7, 11) is 0. The third kappa shape index (κ3) is 2.48. The summed E-state index contributed by atoms with van der Waals surface area (Å²) in [5, 5.41) is -0.201. The zero-order valence-electron chi connectivity index (χ0n) is 12.4. The molecule has 0 atom stereocenters. The fourth-order valence-corrected chi connectivity index (χ4v) is 3.40. The molecule has 1 aromatic carbocycles. The van der Waals surface area contributed by atoms with Gasteiger partial charge in [-0.3, -0.25) is 14.5 Å². The molecule has 5 heteroatoms. The van der Waals surface area contributed by atoms with Crippen molar-refractivity contribution in [3.8, 4) is 5.69 Å². The Morgan fingerprint density at radius 2 is 1.82 bits per heavy atom. The Morgan fingerprint density at radius 1 is 1.09 bits per heavy atom. The first-order chi connectivity index (χ1) is 10.6. The van der Waals surface area contributed by atoms with E-state index >= 15 is 0 Å². The van der Waals surface area contributed by atoms with Crippen LogP contribution in [0.2, 0.25) is 0 Å². The lowest BCUT2D eigenvalue weighted by atomic mass is 10.3. The Hall–Kier alpha value is -2.27. The van der Waals surface area contributed by atoms with E-state index in [1.54, 1.807) is 13.0 Å². The van der Waals surface area contributed by atoms with Gasteiger partial charge in [-0.05, 0) is 56.0 Å². The highest BCUT2D eigenvalue weighted by molar-refractivity contribution is 8.18. The number of aromatic nitrogens is 1. The fraction of sp³-hybridized carbons (Fsp3) is 0.176. The summed E-state index contributed by atoms with van der Waals surface area (Å²) in [6.07, 6.45) is 1.79. The van der Waals surface area contributed by atoms with Gasteiger partial charge >= 0.3 is 0 Å². The molecule has 2 aromatic rings. The van der Waals surface area contributed by atoms with Crippen LogP contribution in [0.15, 0.2) is 47.4 Å². The smallest absolute Gasteiger partial charge is 0.293 e. The van der Waals surface area contributed by atoms with Crippen molar-refractivity contribution in [2.45, 2.75) is 13.8 Å². The molecule has 1 saturated heterocycles. The highest BCUT2D eigenvalue weighted by Crippen LogP contribution is 2.32. The van der Waals surface area contributed by atoms with Crippen molar-refractivity contribution in [1.82, 2.24) is 9.47 Å². The number of carbonyl (C=O) groups excluding carboxylic acids is 2. The lowest BCUT2D eigenvalue weighted by Gasteiger charge is -2.10. The number of hydrogen-bond donors (Lipinski definition) is 0. The van der Waals surface area contributed by atoms with Gasteiger partial charge in [-0.15, -0.1) is 0 Å². The highest BCUT2D eigenvalue weighted by atomic mass is 32.2. The number of amides is 2. The predicted octanol–water partition coefficient (Wildman–Crippen LogP) is 3.84. The molecular formula is C17H16N2O2S. The highest BCUT2D eigenvalue weighted by Gasteiger charge is 2.33. The van der Waals surface area contributed by atoms with Crippen LogP contribution in [0.1, 0.15) is 18.3 Å². The second kappa shape index (κ2) is 5.85. The molecule has 0 unspecified atom stereocenters. The number of para-hydroxylation sites is 1. The van der Waals surface area contributed by atoms with Gasteiger partial charge in [-0.2, -0.15) is 0 Å². The third-order valence-electron chi connectivity index (χ3n) is 3.59. The van der Waals surface area contributed by atoms with Gasteiger partial charge < -0.3 is 4.57 Å². The van der Waals surface area contributed by atoms with E-state index in [1.807, 2.05) is 49.4 Å². The molecule has 2 heterocycles. The molecule has 1 aliphatic heterocycles. The van der Waals surface area contributed by atoms with Crippen molar-refractivity contribution in [3.05, 3.63) is 58.8 Å². The van der Waals surface area contributed by atoms with Crippen LogP contribution in [0.5, 0.6) is 0 Å². The molecule has 22 heavy (non-hydrogen) atoms. The van der Waals surface area contributed by atoms with Crippen LogP contribution in [0.3, 0.4) is 0 Å². The third-order valence-corrected chi connectivity index (χ3v) is 4.50. The maximum Gasteiger partial charge on any atom is 0.293 e. The lowest BCUT2D eigenvalue weighted by molar-refractivity contribution is -0.122.